The van der Waals surface area contributed by atoms with E-state index < -0.39 is 0 Å². The summed E-state index contributed by atoms with van der Waals surface area (Å²) < 4.78 is 2.11. The van der Waals surface area contributed by atoms with Crippen LogP contribution in [0.5, 0.6) is 0 Å². The van der Waals surface area contributed by atoms with E-state index in [4.69, 9.17) is 0 Å². The van der Waals surface area contributed by atoms with Crippen molar-refractivity contribution >= 4 is 6.03 Å². The average molecular weight is 325 g/mol. The second kappa shape index (κ2) is 5.92. The Balaban J connectivity index is 1.31. The summed E-state index contributed by atoms with van der Waals surface area (Å²) in [6.07, 6.45) is 4.37. The molecule has 0 bridgehead atoms. The quantitative estimate of drug-likeness (QED) is 0.884. The van der Waals surface area contributed by atoms with E-state index in [0.717, 1.165) is 43.9 Å². The summed E-state index contributed by atoms with van der Waals surface area (Å²) >= 11 is 0. The Morgan fingerprint density at radius 2 is 2.08 bits per heavy atom. The molecular formula is C18H23N5O. The van der Waals surface area contributed by atoms with E-state index in [1.807, 2.05) is 0 Å². The van der Waals surface area contributed by atoms with Gasteiger partial charge in [0.15, 0.2) is 5.82 Å². The molecular weight excluding hydrogens is 302 g/mol. The summed E-state index contributed by atoms with van der Waals surface area (Å²) in [7, 11) is 0. The highest BCUT2D eigenvalue weighted by Crippen LogP contribution is 2.48. The van der Waals surface area contributed by atoms with E-state index in [2.05, 4.69) is 56.6 Å². The van der Waals surface area contributed by atoms with Crippen molar-refractivity contribution in [3.8, 4) is 0 Å². The highest BCUT2D eigenvalue weighted by Gasteiger charge is 2.45. The Labute approximate surface area is 141 Å². The zero-order valence-corrected chi connectivity index (χ0v) is 14.0. The summed E-state index contributed by atoms with van der Waals surface area (Å²) in [4.78, 5) is 12.1. The number of aromatic nitrogens is 3. The lowest BCUT2D eigenvalue weighted by Crippen LogP contribution is -2.40. The highest BCUT2D eigenvalue weighted by molar-refractivity contribution is 5.74. The maximum Gasteiger partial charge on any atom is 0.315 e. The fourth-order valence-electron chi connectivity index (χ4n) is 3.67. The molecule has 1 aromatic heterocycles. The molecule has 2 N–H and O–H groups in total. The van der Waals surface area contributed by atoms with Crippen molar-refractivity contribution < 1.29 is 4.79 Å². The Bertz CT molecular complexity index is 763. The summed E-state index contributed by atoms with van der Waals surface area (Å²) in [6.45, 7) is 4.20. The van der Waals surface area contributed by atoms with E-state index in [1.54, 1.807) is 0 Å². The molecule has 2 amide bonds. The zero-order chi connectivity index (χ0) is 16.6. The second-order valence-electron chi connectivity index (χ2n) is 6.92. The van der Waals surface area contributed by atoms with Crippen molar-refractivity contribution in [1.29, 1.82) is 0 Å². The molecule has 0 saturated heterocycles. The molecule has 0 spiro atoms. The van der Waals surface area contributed by atoms with E-state index >= 15 is 0 Å². The van der Waals surface area contributed by atoms with Gasteiger partial charge in [-0.2, -0.15) is 0 Å². The Hall–Kier alpha value is -2.37. The van der Waals surface area contributed by atoms with Gasteiger partial charge in [0.05, 0.1) is 6.54 Å². The average Bonchev–Trinajstić information content (AvgIpc) is 3.04. The molecule has 0 atom stereocenters. The van der Waals surface area contributed by atoms with Crippen LogP contribution in [0.25, 0.3) is 0 Å². The number of urea groups is 1. The van der Waals surface area contributed by atoms with E-state index in [0.29, 0.717) is 13.1 Å². The summed E-state index contributed by atoms with van der Waals surface area (Å²) in [5.41, 5.74) is 2.79. The fraction of sp³-hybridized carbons (Fsp3) is 0.500. The van der Waals surface area contributed by atoms with Crippen molar-refractivity contribution in [2.75, 3.05) is 6.54 Å². The van der Waals surface area contributed by atoms with E-state index in [1.165, 1.54) is 11.1 Å². The first-order valence-electron chi connectivity index (χ1n) is 8.67. The lowest BCUT2D eigenvalue weighted by Gasteiger charge is -2.19. The molecule has 1 fully saturated rings. The van der Waals surface area contributed by atoms with Crippen LogP contribution in [0.1, 0.15) is 42.0 Å². The van der Waals surface area contributed by atoms with Gasteiger partial charge in [-0.05, 0) is 37.3 Å². The van der Waals surface area contributed by atoms with Gasteiger partial charge in [-0.3, -0.25) is 0 Å². The predicted octanol–water partition coefficient (Wildman–Crippen LogP) is 2.06. The molecule has 0 radical (unpaired) electrons. The molecule has 2 heterocycles. The normalized spacial score (nSPS) is 17.4. The molecule has 2 aliphatic rings. The minimum absolute atomic E-state index is 0.124. The second-order valence-corrected chi connectivity index (χ2v) is 6.92. The Morgan fingerprint density at radius 1 is 1.25 bits per heavy atom. The van der Waals surface area contributed by atoms with Crippen molar-refractivity contribution in [3.05, 3.63) is 47.0 Å². The minimum Gasteiger partial charge on any atom is -0.337 e. The largest absolute Gasteiger partial charge is 0.337 e. The SMILES string of the molecule is Cc1ccccc1C1(CNC(=O)NCc2nnc3n2CCC3)CC1. The van der Waals surface area contributed by atoms with Crippen molar-refractivity contribution in [1.82, 2.24) is 25.4 Å². The lowest BCUT2D eigenvalue weighted by atomic mass is 9.92. The van der Waals surface area contributed by atoms with Gasteiger partial charge >= 0.3 is 6.03 Å². The van der Waals surface area contributed by atoms with Crippen LogP contribution < -0.4 is 10.6 Å². The number of hydrogen-bond donors (Lipinski definition) is 2. The van der Waals surface area contributed by atoms with Crippen LogP contribution in [0, 0.1) is 6.92 Å². The van der Waals surface area contributed by atoms with Gasteiger partial charge in [0.2, 0.25) is 0 Å². The first-order chi connectivity index (χ1) is 11.7. The Kier molecular flexibility index (Phi) is 3.75. The smallest absolute Gasteiger partial charge is 0.315 e. The third-order valence-electron chi connectivity index (χ3n) is 5.25. The summed E-state index contributed by atoms with van der Waals surface area (Å²) in [5, 5.41) is 14.3. The number of amides is 2. The summed E-state index contributed by atoms with van der Waals surface area (Å²) in [6, 6.07) is 8.33. The molecule has 1 saturated carbocycles. The van der Waals surface area contributed by atoms with Gasteiger partial charge in [0.1, 0.15) is 5.82 Å². The molecule has 2 aromatic rings. The first-order valence-corrected chi connectivity index (χ1v) is 8.67. The van der Waals surface area contributed by atoms with Crippen molar-refractivity contribution in [2.24, 2.45) is 0 Å². The number of fused-ring (bicyclic) bond motifs is 1. The molecule has 6 nitrogen and oxygen atoms in total. The number of hydrogen-bond acceptors (Lipinski definition) is 3. The number of nitrogens with zero attached hydrogens (tertiary/aromatic N) is 3. The number of carbonyl (C=O) groups excluding carboxylic acids is 1. The Morgan fingerprint density at radius 3 is 2.88 bits per heavy atom. The van der Waals surface area contributed by atoms with Gasteiger partial charge in [-0.15, -0.1) is 10.2 Å². The molecule has 126 valence electrons. The summed E-state index contributed by atoms with van der Waals surface area (Å²) in [5.74, 6) is 1.88. The van der Waals surface area contributed by atoms with Gasteiger partial charge in [0.25, 0.3) is 0 Å². The number of nitrogens with one attached hydrogen (secondary N) is 2. The van der Waals surface area contributed by atoms with Gasteiger partial charge in [-0.25, -0.2) is 4.79 Å². The number of rotatable bonds is 5. The van der Waals surface area contributed by atoms with E-state index in [9.17, 15) is 4.79 Å². The van der Waals surface area contributed by atoms with Crippen LogP contribution in [-0.2, 0) is 24.9 Å². The van der Waals surface area contributed by atoms with Crippen LogP contribution in [0.2, 0.25) is 0 Å². The zero-order valence-electron chi connectivity index (χ0n) is 14.0. The molecule has 24 heavy (non-hydrogen) atoms. The predicted molar refractivity (Wildman–Crippen MR) is 90.7 cm³/mol. The molecule has 0 unspecified atom stereocenters. The lowest BCUT2D eigenvalue weighted by molar-refractivity contribution is 0.239. The molecule has 1 aliphatic carbocycles. The number of carbonyl (C=O) groups is 1. The van der Waals surface area contributed by atoms with Crippen LogP contribution in [-0.4, -0.2) is 27.3 Å². The van der Waals surface area contributed by atoms with Crippen LogP contribution in [0.15, 0.2) is 24.3 Å². The maximum absolute atomic E-state index is 12.1. The highest BCUT2D eigenvalue weighted by atomic mass is 16.2. The van der Waals surface area contributed by atoms with Crippen LogP contribution in [0.4, 0.5) is 4.79 Å². The third kappa shape index (κ3) is 2.77. The van der Waals surface area contributed by atoms with Crippen molar-refractivity contribution in [2.45, 2.75) is 51.1 Å². The molecule has 6 heteroatoms. The number of aryl methyl sites for hydroxylation is 2. The fourth-order valence-corrected chi connectivity index (χ4v) is 3.67. The van der Waals surface area contributed by atoms with Gasteiger partial charge in [-0.1, -0.05) is 24.3 Å². The number of benzene rings is 1. The van der Waals surface area contributed by atoms with Crippen molar-refractivity contribution in [3.63, 3.8) is 0 Å². The standard InChI is InChI=1S/C18H23N5O/c1-13-5-2-3-6-14(13)18(8-9-18)12-20-17(24)19-11-16-22-21-15-7-4-10-23(15)16/h2-3,5-6H,4,7-12H2,1H3,(H2,19,20,24). The monoisotopic (exact) mass is 325 g/mol. The topological polar surface area (TPSA) is 71.8 Å². The van der Waals surface area contributed by atoms with Crippen LogP contribution >= 0.6 is 0 Å². The van der Waals surface area contributed by atoms with E-state index in [-0.39, 0.29) is 11.4 Å². The third-order valence-corrected chi connectivity index (χ3v) is 5.25. The maximum atomic E-state index is 12.1. The van der Waals surface area contributed by atoms with Crippen LogP contribution in [0.3, 0.4) is 0 Å². The molecule has 1 aliphatic heterocycles. The van der Waals surface area contributed by atoms with Gasteiger partial charge in [0, 0.05) is 24.9 Å². The molecule has 4 rings (SSSR count). The minimum atomic E-state index is -0.134. The molecule has 1 aromatic carbocycles. The van der Waals surface area contributed by atoms with Gasteiger partial charge < -0.3 is 15.2 Å². The first kappa shape index (κ1) is 15.2.